The van der Waals surface area contributed by atoms with Crippen LogP contribution in [0, 0.1) is 0 Å². The molecule has 230 valence electrons. The van der Waals surface area contributed by atoms with Crippen LogP contribution < -0.4 is 0 Å². The van der Waals surface area contributed by atoms with Crippen molar-refractivity contribution in [1.29, 1.82) is 0 Å². The van der Waals surface area contributed by atoms with E-state index in [2.05, 4.69) is 158 Å². The summed E-state index contributed by atoms with van der Waals surface area (Å²) in [5.41, 5.74) is 9.57. The van der Waals surface area contributed by atoms with E-state index in [1.807, 2.05) is 0 Å². The minimum Gasteiger partial charge on any atom is -0.278 e. The van der Waals surface area contributed by atoms with Gasteiger partial charge < -0.3 is 0 Å². The number of benzene rings is 7. The number of fused-ring (bicyclic) bond motifs is 12. The average molecular weight is 644 g/mol. The van der Waals surface area contributed by atoms with Crippen molar-refractivity contribution in [1.82, 2.24) is 14.5 Å². The van der Waals surface area contributed by atoms with Crippen molar-refractivity contribution in [3.05, 3.63) is 151 Å². The molecule has 0 amide bonds. The predicted molar refractivity (Wildman–Crippen MR) is 207 cm³/mol. The quantitative estimate of drug-likeness (QED) is 0.188. The molecule has 7 aromatic carbocycles. The third-order valence-electron chi connectivity index (χ3n) is 10.8. The van der Waals surface area contributed by atoms with Gasteiger partial charge in [-0.3, -0.25) is 4.57 Å². The topological polar surface area (TPSA) is 30.7 Å². The molecule has 10 aromatic rings. The van der Waals surface area contributed by atoms with E-state index in [0.29, 0.717) is 5.95 Å². The highest BCUT2D eigenvalue weighted by molar-refractivity contribution is 7.25. The largest absolute Gasteiger partial charge is 0.278 e. The Kier molecular flexibility index (Phi) is 5.33. The normalized spacial score (nSPS) is 13.7. The van der Waals surface area contributed by atoms with Gasteiger partial charge in [-0.15, -0.1) is 11.3 Å². The van der Waals surface area contributed by atoms with Crippen LogP contribution in [-0.2, 0) is 5.41 Å². The van der Waals surface area contributed by atoms with Crippen molar-refractivity contribution in [2.24, 2.45) is 0 Å². The molecule has 3 heterocycles. The third kappa shape index (κ3) is 3.67. The maximum Gasteiger partial charge on any atom is 0.236 e. The average Bonchev–Trinajstić information content (AvgIpc) is 3.75. The summed E-state index contributed by atoms with van der Waals surface area (Å²) in [6.45, 7) is 4.68. The zero-order valence-electron chi connectivity index (χ0n) is 27.0. The molecule has 11 rings (SSSR count). The summed E-state index contributed by atoms with van der Waals surface area (Å²) in [5, 5.41) is 9.66. The number of hydrogen-bond acceptors (Lipinski definition) is 3. The molecule has 0 fully saturated rings. The van der Waals surface area contributed by atoms with Crippen molar-refractivity contribution in [3.8, 4) is 28.3 Å². The molecule has 0 saturated heterocycles. The molecule has 0 spiro atoms. The summed E-state index contributed by atoms with van der Waals surface area (Å²) in [4.78, 5) is 12.0. The Balaban J connectivity index is 1.26. The lowest BCUT2D eigenvalue weighted by Crippen LogP contribution is -2.15. The first kappa shape index (κ1) is 27.1. The van der Waals surface area contributed by atoms with E-state index >= 15 is 0 Å². The Morgan fingerprint density at radius 2 is 1.24 bits per heavy atom. The third-order valence-corrected chi connectivity index (χ3v) is 11.9. The molecular weight excluding hydrogens is 615 g/mol. The lowest BCUT2D eigenvalue weighted by atomic mass is 9.82. The first-order valence-electron chi connectivity index (χ1n) is 16.8. The molecule has 3 aromatic heterocycles. The van der Waals surface area contributed by atoms with Crippen LogP contribution in [0.5, 0.6) is 0 Å². The highest BCUT2D eigenvalue weighted by Crippen LogP contribution is 2.50. The van der Waals surface area contributed by atoms with Gasteiger partial charge >= 0.3 is 0 Å². The van der Waals surface area contributed by atoms with E-state index in [-0.39, 0.29) is 5.41 Å². The van der Waals surface area contributed by atoms with Crippen LogP contribution in [0.4, 0.5) is 0 Å². The Morgan fingerprint density at radius 1 is 0.531 bits per heavy atom. The van der Waals surface area contributed by atoms with Gasteiger partial charge in [0.1, 0.15) is 4.83 Å². The van der Waals surface area contributed by atoms with Crippen molar-refractivity contribution < 1.29 is 0 Å². The first-order chi connectivity index (χ1) is 24.0. The van der Waals surface area contributed by atoms with Gasteiger partial charge in [0.05, 0.1) is 16.7 Å². The maximum atomic E-state index is 5.58. The number of thiophene rings is 1. The zero-order chi connectivity index (χ0) is 32.4. The van der Waals surface area contributed by atoms with E-state index in [4.69, 9.17) is 9.97 Å². The second-order valence-electron chi connectivity index (χ2n) is 13.8. The summed E-state index contributed by atoms with van der Waals surface area (Å²) in [6, 6.07) is 50.9. The second kappa shape index (κ2) is 9.62. The van der Waals surface area contributed by atoms with Crippen LogP contribution in [-0.4, -0.2) is 14.5 Å². The van der Waals surface area contributed by atoms with Crippen LogP contribution in [0.3, 0.4) is 0 Å². The number of nitrogens with zero attached hydrogens (tertiary/aromatic N) is 3. The first-order valence-corrected chi connectivity index (χ1v) is 17.7. The Bertz CT molecular complexity index is 3030. The lowest BCUT2D eigenvalue weighted by molar-refractivity contribution is 0.660. The smallest absolute Gasteiger partial charge is 0.236 e. The van der Waals surface area contributed by atoms with E-state index in [9.17, 15) is 0 Å². The summed E-state index contributed by atoms with van der Waals surface area (Å²) in [6.07, 6.45) is 0. The fourth-order valence-corrected chi connectivity index (χ4v) is 9.53. The molecule has 0 N–H and O–H groups in total. The van der Waals surface area contributed by atoms with Crippen molar-refractivity contribution in [3.63, 3.8) is 0 Å². The van der Waals surface area contributed by atoms with Gasteiger partial charge in [-0.05, 0) is 74.1 Å². The predicted octanol–water partition coefficient (Wildman–Crippen LogP) is 12.2. The summed E-state index contributed by atoms with van der Waals surface area (Å²) < 4.78 is 3.52. The molecule has 49 heavy (non-hydrogen) atoms. The highest BCUT2D eigenvalue weighted by atomic mass is 32.1. The molecule has 0 atom stereocenters. The fraction of sp³-hybridized carbons (Fsp3) is 0.0667. The molecule has 3 nitrogen and oxygen atoms in total. The summed E-state index contributed by atoms with van der Waals surface area (Å²) in [7, 11) is 0. The Morgan fingerprint density at radius 3 is 2.12 bits per heavy atom. The Hall–Kier alpha value is -5.84. The number of rotatable bonds is 2. The van der Waals surface area contributed by atoms with Gasteiger partial charge in [0, 0.05) is 37.2 Å². The SMILES string of the molecule is CC1(C)c2ccccc2-c2ccc(-c3nc(-n4c5cc6ccccc6cc5c5c6ccccc6ccc54)nc4sc5ccccc5c34)cc21. The van der Waals surface area contributed by atoms with Gasteiger partial charge in [-0.1, -0.05) is 123 Å². The molecule has 4 heteroatoms. The molecule has 0 radical (unpaired) electrons. The van der Waals surface area contributed by atoms with Crippen molar-refractivity contribution in [2.75, 3.05) is 0 Å². The summed E-state index contributed by atoms with van der Waals surface area (Å²) >= 11 is 1.75. The molecule has 0 aliphatic heterocycles. The van der Waals surface area contributed by atoms with E-state index < -0.39 is 0 Å². The standard InChI is InChI=1S/C45H29N3S/c1-45(2)35-17-9-7-15-31(35)32-21-19-29(24-36(32)45)42-41-33-16-8-10-18-39(33)49-43(41)47-44(46-42)48-37-22-20-26-11-5-6-14-30(26)40(37)34-23-27-12-3-4-13-28(27)25-38(34)48/h3-25H,1-2H3. The molecular formula is C45H29N3S. The maximum absolute atomic E-state index is 5.58. The van der Waals surface area contributed by atoms with Gasteiger partial charge in [-0.25, -0.2) is 9.97 Å². The van der Waals surface area contributed by atoms with Gasteiger partial charge in [0.25, 0.3) is 0 Å². The summed E-state index contributed by atoms with van der Waals surface area (Å²) in [5.74, 6) is 0.697. The minimum atomic E-state index is -0.109. The minimum absolute atomic E-state index is 0.109. The van der Waals surface area contributed by atoms with Crippen molar-refractivity contribution >= 4 is 75.0 Å². The van der Waals surface area contributed by atoms with Crippen molar-refractivity contribution in [2.45, 2.75) is 19.3 Å². The van der Waals surface area contributed by atoms with E-state index in [1.54, 1.807) is 11.3 Å². The second-order valence-corrected chi connectivity index (χ2v) is 14.8. The fourth-order valence-electron chi connectivity index (χ4n) is 8.46. The van der Waals surface area contributed by atoms with Crippen LogP contribution in [0.25, 0.3) is 92.0 Å². The molecule has 1 aliphatic carbocycles. The monoisotopic (exact) mass is 643 g/mol. The van der Waals surface area contributed by atoms with Crippen LogP contribution >= 0.6 is 11.3 Å². The molecule has 1 aliphatic rings. The van der Waals surface area contributed by atoms with Gasteiger partial charge in [-0.2, -0.15) is 0 Å². The number of hydrogen-bond donors (Lipinski definition) is 0. The Labute approximate surface area is 286 Å². The van der Waals surface area contributed by atoms with E-state index in [0.717, 1.165) is 32.5 Å². The lowest BCUT2D eigenvalue weighted by Gasteiger charge is -2.22. The van der Waals surface area contributed by atoms with E-state index in [1.165, 1.54) is 64.7 Å². The zero-order valence-corrected chi connectivity index (χ0v) is 27.8. The molecule has 0 bridgehead atoms. The van der Waals surface area contributed by atoms with Crippen LogP contribution in [0.1, 0.15) is 25.0 Å². The highest BCUT2D eigenvalue weighted by Gasteiger charge is 2.35. The molecule has 0 saturated carbocycles. The van der Waals surface area contributed by atoms with Crippen LogP contribution in [0.15, 0.2) is 140 Å². The van der Waals surface area contributed by atoms with Gasteiger partial charge in [0.2, 0.25) is 5.95 Å². The number of aromatic nitrogens is 3. The van der Waals surface area contributed by atoms with Gasteiger partial charge in [0.15, 0.2) is 0 Å². The van der Waals surface area contributed by atoms with Crippen LogP contribution in [0.2, 0.25) is 0 Å². The molecule has 0 unspecified atom stereocenters.